The van der Waals surface area contributed by atoms with Gasteiger partial charge in [0.15, 0.2) is 5.82 Å². The summed E-state index contributed by atoms with van der Waals surface area (Å²) in [6.07, 6.45) is 0. The number of hydrogen-bond donors (Lipinski definition) is 0. The van der Waals surface area contributed by atoms with Gasteiger partial charge in [0.25, 0.3) is 14.2 Å². The topological polar surface area (TPSA) is 74.1 Å². The smallest absolute Gasteiger partial charge is 0.296 e. The van der Waals surface area contributed by atoms with Crippen LogP contribution >= 0.6 is 22.3 Å². The minimum Gasteiger partial charge on any atom is -0.496 e. The zero-order valence-electron chi connectivity index (χ0n) is 9.96. The van der Waals surface area contributed by atoms with Crippen LogP contribution in [0.25, 0.3) is 11.4 Å². The minimum absolute atomic E-state index is 0.313. The van der Waals surface area contributed by atoms with Gasteiger partial charge in [0, 0.05) is 22.8 Å². The van der Waals surface area contributed by atoms with Crippen LogP contribution in [0.2, 0.25) is 5.02 Å². The van der Waals surface area contributed by atoms with Crippen LogP contribution in [0.3, 0.4) is 0 Å². The van der Waals surface area contributed by atoms with Gasteiger partial charge >= 0.3 is 0 Å². The highest BCUT2D eigenvalue weighted by molar-refractivity contribution is 8.13. The number of methoxy groups -OCH3 is 1. The van der Waals surface area contributed by atoms with Crippen LogP contribution < -0.4 is 4.74 Å². The highest BCUT2D eigenvalue weighted by atomic mass is 35.7. The fraction of sp³-hybridized carbons (Fsp3) is 0.200. The molecule has 1 aromatic carbocycles. The second kappa shape index (κ2) is 4.99. The van der Waals surface area contributed by atoms with E-state index in [4.69, 9.17) is 27.0 Å². The Labute approximate surface area is 119 Å². The Morgan fingerprint density at radius 3 is 2.53 bits per heavy atom. The van der Waals surface area contributed by atoms with Crippen LogP contribution in [0.15, 0.2) is 23.4 Å². The normalized spacial score (nSPS) is 11.6. The number of ether oxygens (including phenoxy) is 1. The van der Waals surface area contributed by atoms with Gasteiger partial charge in [-0.2, -0.15) is 0 Å². The van der Waals surface area contributed by atoms with E-state index in [9.17, 15) is 8.42 Å². The van der Waals surface area contributed by atoms with Crippen LogP contribution in [0.1, 0.15) is 0 Å². The average Bonchev–Trinajstić information content (AvgIpc) is 2.70. The highest BCUT2D eigenvalue weighted by Gasteiger charge is 2.22. The molecule has 0 aliphatic heterocycles. The fourth-order valence-electron chi connectivity index (χ4n) is 1.61. The molecule has 0 saturated carbocycles. The van der Waals surface area contributed by atoms with Crippen molar-refractivity contribution in [1.82, 2.24) is 14.8 Å². The van der Waals surface area contributed by atoms with Crippen molar-refractivity contribution in [3.63, 3.8) is 0 Å². The number of nitrogens with zero attached hydrogens (tertiary/aromatic N) is 3. The third-order valence-electron chi connectivity index (χ3n) is 2.46. The van der Waals surface area contributed by atoms with E-state index in [1.54, 1.807) is 18.2 Å². The molecule has 0 atom stereocenters. The van der Waals surface area contributed by atoms with Crippen LogP contribution in [0.4, 0.5) is 0 Å². The lowest BCUT2D eigenvalue weighted by molar-refractivity contribution is 0.416. The molecule has 0 aliphatic rings. The molecule has 1 aromatic heterocycles. The monoisotopic (exact) mass is 321 g/mol. The molecule has 0 fully saturated rings. The molecule has 19 heavy (non-hydrogen) atoms. The number of hydrogen-bond acceptors (Lipinski definition) is 5. The average molecular weight is 322 g/mol. The van der Waals surface area contributed by atoms with Crippen LogP contribution in [0, 0.1) is 0 Å². The van der Waals surface area contributed by atoms with Gasteiger partial charge in [-0.05, 0) is 18.2 Å². The maximum absolute atomic E-state index is 11.3. The van der Waals surface area contributed by atoms with Gasteiger partial charge in [-0.25, -0.2) is 8.42 Å². The molecule has 0 saturated heterocycles. The number of benzene rings is 1. The molecule has 0 aliphatic carbocycles. The van der Waals surface area contributed by atoms with Gasteiger partial charge < -0.3 is 4.74 Å². The van der Waals surface area contributed by atoms with Crippen molar-refractivity contribution in [3.05, 3.63) is 23.2 Å². The predicted molar refractivity (Wildman–Crippen MR) is 71.0 cm³/mol. The summed E-state index contributed by atoms with van der Waals surface area (Å²) in [6.45, 7) is 0. The van der Waals surface area contributed by atoms with E-state index in [0.717, 1.165) is 0 Å². The lowest BCUT2D eigenvalue weighted by atomic mass is 10.2. The summed E-state index contributed by atoms with van der Waals surface area (Å²) in [5, 5.41) is 7.54. The second-order valence-corrected chi connectivity index (χ2v) is 6.54. The number of halogens is 2. The van der Waals surface area contributed by atoms with Crippen molar-refractivity contribution in [2.24, 2.45) is 7.05 Å². The Kier molecular flexibility index (Phi) is 3.71. The van der Waals surface area contributed by atoms with Crippen molar-refractivity contribution >= 4 is 31.3 Å². The minimum atomic E-state index is -3.95. The molecule has 2 aromatic rings. The lowest BCUT2D eigenvalue weighted by Crippen LogP contribution is -2.03. The summed E-state index contributed by atoms with van der Waals surface area (Å²) >= 11 is 5.86. The molecule has 0 radical (unpaired) electrons. The Balaban J connectivity index is 2.64. The summed E-state index contributed by atoms with van der Waals surface area (Å²) in [5.74, 6) is 0.772. The van der Waals surface area contributed by atoms with Gasteiger partial charge in [-0.1, -0.05) is 11.6 Å². The third-order valence-corrected chi connectivity index (χ3v) is 3.90. The second-order valence-electron chi connectivity index (χ2n) is 3.65. The van der Waals surface area contributed by atoms with E-state index in [1.807, 2.05) is 0 Å². The van der Waals surface area contributed by atoms with Gasteiger partial charge in [0.1, 0.15) is 5.75 Å². The first-order valence-electron chi connectivity index (χ1n) is 5.02. The Morgan fingerprint density at radius 1 is 1.32 bits per heavy atom. The molecule has 0 unspecified atom stereocenters. The van der Waals surface area contributed by atoms with E-state index in [1.165, 1.54) is 18.7 Å². The fourth-order valence-corrected chi connectivity index (χ4v) is 2.73. The molecule has 2 rings (SSSR count). The Morgan fingerprint density at radius 2 is 2.00 bits per heavy atom. The zero-order chi connectivity index (χ0) is 14.2. The van der Waals surface area contributed by atoms with Crippen molar-refractivity contribution in [3.8, 4) is 17.1 Å². The molecule has 6 nitrogen and oxygen atoms in total. The summed E-state index contributed by atoms with van der Waals surface area (Å²) < 4.78 is 29.0. The van der Waals surface area contributed by atoms with Crippen LogP contribution in [-0.2, 0) is 16.1 Å². The maximum Gasteiger partial charge on any atom is 0.296 e. The van der Waals surface area contributed by atoms with Gasteiger partial charge in [0.05, 0.1) is 12.7 Å². The molecule has 102 valence electrons. The summed E-state index contributed by atoms with van der Waals surface area (Å²) in [7, 11) is 4.28. The summed E-state index contributed by atoms with van der Waals surface area (Å²) in [5.41, 5.74) is 0.563. The van der Waals surface area contributed by atoms with Crippen molar-refractivity contribution in [1.29, 1.82) is 0 Å². The maximum atomic E-state index is 11.3. The molecule has 0 amide bonds. The predicted octanol–water partition coefficient (Wildman–Crippen LogP) is 2.07. The molecule has 0 spiro atoms. The van der Waals surface area contributed by atoms with Gasteiger partial charge in [-0.15, -0.1) is 10.2 Å². The van der Waals surface area contributed by atoms with E-state index < -0.39 is 9.05 Å². The third kappa shape index (κ3) is 2.68. The SMILES string of the molecule is COc1cc(Cl)ccc1-c1nnc(S(=O)(=O)Cl)n1C. The van der Waals surface area contributed by atoms with E-state index in [0.29, 0.717) is 22.2 Å². The molecular formula is C10H9Cl2N3O3S. The number of rotatable bonds is 3. The largest absolute Gasteiger partial charge is 0.496 e. The van der Waals surface area contributed by atoms with E-state index in [-0.39, 0.29) is 5.16 Å². The first-order valence-corrected chi connectivity index (χ1v) is 7.71. The molecular weight excluding hydrogens is 313 g/mol. The van der Waals surface area contributed by atoms with Crippen LogP contribution in [-0.4, -0.2) is 30.3 Å². The van der Waals surface area contributed by atoms with Crippen LogP contribution in [0.5, 0.6) is 5.75 Å². The first kappa shape index (κ1) is 14.1. The quantitative estimate of drug-likeness (QED) is 0.809. The molecule has 0 bridgehead atoms. The van der Waals surface area contributed by atoms with Crippen molar-refractivity contribution in [2.45, 2.75) is 5.16 Å². The highest BCUT2D eigenvalue weighted by Crippen LogP contribution is 2.32. The number of aromatic nitrogens is 3. The lowest BCUT2D eigenvalue weighted by Gasteiger charge is -2.08. The molecule has 0 N–H and O–H groups in total. The Hall–Kier alpha value is -1.31. The standard InChI is InChI=1S/C10H9Cl2N3O3S/c1-15-9(13-14-10(15)19(12,16)17)7-4-3-6(11)5-8(7)18-2/h3-5H,1-2H3. The molecule has 1 heterocycles. The van der Waals surface area contributed by atoms with E-state index >= 15 is 0 Å². The summed E-state index contributed by atoms with van der Waals surface area (Å²) in [4.78, 5) is 0. The summed E-state index contributed by atoms with van der Waals surface area (Å²) in [6, 6.07) is 4.90. The van der Waals surface area contributed by atoms with E-state index in [2.05, 4.69) is 10.2 Å². The first-order chi connectivity index (χ1) is 8.84. The van der Waals surface area contributed by atoms with Gasteiger partial charge in [0.2, 0.25) is 0 Å². The van der Waals surface area contributed by atoms with Crippen molar-refractivity contribution < 1.29 is 13.2 Å². The van der Waals surface area contributed by atoms with Gasteiger partial charge in [-0.3, -0.25) is 4.57 Å². The molecule has 9 heteroatoms. The van der Waals surface area contributed by atoms with Crippen molar-refractivity contribution in [2.75, 3.05) is 7.11 Å². The Bertz CT molecular complexity index is 728. The zero-order valence-corrected chi connectivity index (χ0v) is 12.3.